The van der Waals surface area contributed by atoms with Crippen molar-refractivity contribution in [2.75, 3.05) is 5.32 Å². The summed E-state index contributed by atoms with van der Waals surface area (Å²) in [5.74, 6) is -0.393. The highest BCUT2D eigenvalue weighted by molar-refractivity contribution is 8.01. The summed E-state index contributed by atoms with van der Waals surface area (Å²) in [5.41, 5.74) is 9.81. The molecular formula is C18H18N4OS2. The molecular weight excluding hydrogens is 352 g/mol. The molecule has 0 fully saturated rings. The number of nitrogens with two attached hydrogens (primary N) is 1. The molecule has 2 aromatic carbocycles. The van der Waals surface area contributed by atoms with E-state index in [0.717, 1.165) is 11.3 Å². The molecule has 0 aliphatic rings. The number of aryl methyl sites for hydroxylation is 1. The first kappa shape index (κ1) is 17.4. The lowest BCUT2D eigenvalue weighted by atomic mass is 10.1. The van der Waals surface area contributed by atoms with E-state index in [1.165, 1.54) is 34.2 Å². The van der Waals surface area contributed by atoms with Crippen LogP contribution >= 0.6 is 23.1 Å². The Bertz CT molecular complexity index is 880. The number of amides is 1. The van der Waals surface area contributed by atoms with Gasteiger partial charge in [-0.15, -0.1) is 10.2 Å². The number of carbonyl (C=O) groups excluding carboxylic acids is 1. The maximum Gasteiger partial charge on any atom is 0.235 e. The van der Waals surface area contributed by atoms with Crippen LogP contribution in [0.4, 0.5) is 10.8 Å². The summed E-state index contributed by atoms with van der Waals surface area (Å²) in [6, 6.07) is 15.5. The van der Waals surface area contributed by atoms with Crippen LogP contribution in [0.2, 0.25) is 0 Å². The van der Waals surface area contributed by atoms with Crippen LogP contribution in [0.25, 0.3) is 0 Å². The molecule has 0 aliphatic heterocycles. The van der Waals surface area contributed by atoms with E-state index in [9.17, 15) is 4.79 Å². The predicted molar refractivity (Wildman–Crippen MR) is 103 cm³/mol. The van der Waals surface area contributed by atoms with Gasteiger partial charge in [-0.1, -0.05) is 65.6 Å². The van der Waals surface area contributed by atoms with Gasteiger partial charge in [-0.3, -0.25) is 4.79 Å². The van der Waals surface area contributed by atoms with E-state index in [0.29, 0.717) is 9.47 Å². The van der Waals surface area contributed by atoms with E-state index in [2.05, 4.69) is 35.4 Å². The molecule has 0 bridgehead atoms. The Labute approximate surface area is 154 Å². The first-order valence-corrected chi connectivity index (χ1v) is 9.42. The normalized spacial score (nSPS) is 11.9. The third kappa shape index (κ3) is 4.18. The van der Waals surface area contributed by atoms with Gasteiger partial charge in [0.2, 0.25) is 11.0 Å². The number of anilines is 2. The van der Waals surface area contributed by atoms with Crippen LogP contribution in [-0.2, 0) is 4.79 Å². The molecule has 1 atom stereocenters. The zero-order valence-corrected chi connectivity index (χ0v) is 15.5. The monoisotopic (exact) mass is 370 g/mol. The van der Waals surface area contributed by atoms with Gasteiger partial charge < -0.3 is 11.1 Å². The highest BCUT2D eigenvalue weighted by Crippen LogP contribution is 2.38. The van der Waals surface area contributed by atoms with Crippen LogP contribution in [0, 0.1) is 13.8 Å². The van der Waals surface area contributed by atoms with Gasteiger partial charge in [0.15, 0.2) is 4.34 Å². The molecule has 0 radical (unpaired) electrons. The predicted octanol–water partition coefficient (Wildman–Crippen LogP) is 4.22. The maximum absolute atomic E-state index is 11.8. The standard InChI is InChI=1S/C18H18N4OS2/c1-11-7-6-10-14(12(11)2)20-17-21-22-18(25-17)24-15(16(19)23)13-8-4-3-5-9-13/h3-10,15H,1-2H3,(H2,19,23)(H,20,21)/t15-/m1/s1. The Morgan fingerprint density at radius 3 is 2.60 bits per heavy atom. The number of hydrogen-bond donors (Lipinski definition) is 2. The summed E-state index contributed by atoms with van der Waals surface area (Å²) < 4.78 is 0.695. The molecule has 3 aromatic rings. The third-order valence-electron chi connectivity index (χ3n) is 3.83. The zero-order chi connectivity index (χ0) is 17.8. The molecule has 3 N–H and O–H groups in total. The highest BCUT2D eigenvalue weighted by atomic mass is 32.2. The Hall–Kier alpha value is -2.38. The fourth-order valence-electron chi connectivity index (χ4n) is 2.33. The molecule has 1 aromatic heterocycles. The number of benzene rings is 2. The number of nitrogens with zero attached hydrogens (tertiary/aromatic N) is 2. The van der Waals surface area contributed by atoms with Crippen LogP contribution in [0.1, 0.15) is 21.9 Å². The second-order valence-corrected chi connectivity index (χ2v) is 7.89. The summed E-state index contributed by atoms with van der Waals surface area (Å²) in [6.07, 6.45) is 0. The summed E-state index contributed by atoms with van der Waals surface area (Å²) in [4.78, 5) is 11.8. The number of primary amides is 1. The minimum atomic E-state index is -0.484. The molecule has 7 heteroatoms. The average Bonchev–Trinajstić information content (AvgIpc) is 3.04. The van der Waals surface area contributed by atoms with E-state index in [1.54, 1.807) is 0 Å². The summed E-state index contributed by atoms with van der Waals surface area (Å²) >= 11 is 2.72. The second kappa shape index (κ2) is 7.67. The molecule has 25 heavy (non-hydrogen) atoms. The molecule has 0 saturated carbocycles. The van der Waals surface area contributed by atoms with Gasteiger partial charge >= 0.3 is 0 Å². The fraction of sp³-hybridized carbons (Fsp3) is 0.167. The first-order chi connectivity index (χ1) is 12.0. The van der Waals surface area contributed by atoms with Crippen molar-refractivity contribution in [3.05, 3.63) is 65.2 Å². The summed E-state index contributed by atoms with van der Waals surface area (Å²) in [7, 11) is 0. The second-order valence-electron chi connectivity index (χ2n) is 5.56. The van der Waals surface area contributed by atoms with E-state index in [1.807, 2.05) is 42.5 Å². The van der Waals surface area contributed by atoms with Gasteiger partial charge in [0, 0.05) is 5.69 Å². The first-order valence-electron chi connectivity index (χ1n) is 7.72. The van der Waals surface area contributed by atoms with E-state index in [4.69, 9.17) is 5.73 Å². The van der Waals surface area contributed by atoms with Crippen molar-refractivity contribution in [2.45, 2.75) is 23.4 Å². The molecule has 0 aliphatic carbocycles. The smallest absolute Gasteiger partial charge is 0.235 e. The van der Waals surface area contributed by atoms with Crippen molar-refractivity contribution in [1.82, 2.24) is 10.2 Å². The van der Waals surface area contributed by atoms with Crippen LogP contribution in [0.5, 0.6) is 0 Å². The average molecular weight is 371 g/mol. The molecule has 0 unspecified atom stereocenters. The number of carbonyl (C=O) groups is 1. The SMILES string of the molecule is Cc1cccc(Nc2nnc(S[C@@H](C(N)=O)c3ccccc3)s2)c1C. The molecule has 0 saturated heterocycles. The fourth-order valence-corrected chi connectivity index (χ4v) is 4.24. The Morgan fingerprint density at radius 1 is 1.12 bits per heavy atom. The van der Waals surface area contributed by atoms with Crippen molar-refractivity contribution in [2.24, 2.45) is 5.73 Å². The van der Waals surface area contributed by atoms with Crippen molar-refractivity contribution >= 4 is 39.8 Å². The van der Waals surface area contributed by atoms with Gasteiger partial charge in [0.05, 0.1) is 0 Å². The largest absolute Gasteiger partial charge is 0.368 e. The number of aromatic nitrogens is 2. The van der Waals surface area contributed by atoms with E-state index < -0.39 is 11.2 Å². The number of thioether (sulfide) groups is 1. The Kier molecular flexibility index (Phi) is 5.35. The van der Waals surface area contributed by atoms with Gasteiger partial charge in [-0.2, -0.15) is 0 Å². The molecule has 128 valence electrons. The molecule has 1 heterocycles. The molecule has 1 amide bonds. The Balaban J connectivity index is 1.77. The number of rotatable bonds is 6. The topological polar surface area (TPSA) is 80.9 Å². The van der Waals surface area contributed by atoms with Crippen LogP contribution < -0.4 is 11.1 Å². The highest BCUT2D eigenvalue weighted by Gasteiger charge is 2.21. The van der Waals surface area contributed by atoms with E-state index in [-0.39, 0.29) is 0 Å². The summed E-state index contributed by atoms with van der Waals surface area (Å²) in [6.45, 7) is 4.13. The van der Waals surface area contributed by atoms with Crippen LogP contribution in [0.15, 0.2) is 52.9 Å². The van der Waals surface area contributed by atoms with E-state index >= 15 is 0 Å². The van der Waals surface area contributed by atoms with Gasteiger partial charge in [0.25, 0.3) is 0 Å². The minimum Gasteiger partial charge on any atom is -0.368 e. The lowest BCUT2D eigenvalue weighted by Crippen LogP contribution is -2.18. The Morgan fingerprint density at radius 2 is 1.88 bits per heavy atom. The minimum absolute atomic E-state index is 0.393. The van der Waals surface area contributed by atoms with Crippen LogP contribution in [0.3, 0.4) is 0 Å². The van der Waals surface area contributed by atoms with Crippen molar-refractivity contribution in [3.8, 4) is 0 Å². The van der Waals surface area contributed by atoms with Gasteiger partial charge in [-0.25, -0.2) is 0 Å². The maximum atomic E-state index is 11.8. The molecule has 0 spiro atoms. The lowest BCUT2D eigenvalue weighted by Gasteiger charge is -2.11. The van der Waals surface area contributed by atoms with Gasteiger partial charge in [0.1, 0.15) is 5.25 Å². The molecule has 3 rings (SSSR count). The van der Waals surface area contributed by atoms with Crippen LogP contribution in [-0.4, -0.2) is 16.1 Å². The number of nitrogens with one attached hydrogen (secondary N) is 1. The summed E-state index contributed by atoms with van der Waals surface area (Å²) in [5, 5.41) is 11.8. The van der Waals surface area contributed by atoms with Crippen molar-refractivity contribution < 1.29 is 4.79 Å². The lowest BCUT2D eigenvalue weighted by molar-refractivity contribution is -0.117. The third-order valence-corrected chi connectivity index (χ3v) is 6.03. The zero-order valence-electron chi connectivity index (χ0n) is 13.9. The number of hydrogen-bond acceptors (Lipinski definition) is 6. The van der Waals surface area contributed by atoms with Crippen molar-refractivity contribution in [3.63, 3.8) is 0 Å². The quantitative estimate of drug-likeness (QED) is 0.635. The van der Waals surface area contributed by atoms with Crippen molar-refractivity contribution in [1.29, 1.82) is 0 Å². The molecule has 5 nitrogen and oxygen atoms in total. The van der Waals surface area contributed by atoms with Gasteiger partial charge in [-0.05, 0) is 36.6 Å².